The summed E-state index contributed by atoms with van der Waals surface area (Å²) in [6.45, 7) is 3.58. The molecule has 0 spiro atoms. The van der Waals surface area contributed by atoms with E-state index >= 15 is 0 Å². The molecule has 15 heteroatoms. The van der Waals surface area contributed by atoms with Gasteiger partial charge in [-0.05, 0) is 81.5 Å². The molecule has 0 radical (unpaired) electrons. The van der Waals surface area contributed by atoms with Crippen LogP contribution in [0.3, 0.4) is 0 Å². The minimum atomic E-state index is -6.12. The third-order valence-electron chi connectivity index (χ3n) is 9.44. The van der Waals surface area contributed by atoms with Gasteiger partial charge in [-0.15, -0.1) is 0 Å². The highest BCUT2D eigenvalue weighted by Gasteiger charge is 2.71. The number of hydrogen-bond donors (Lipinski definition) is 2. The monoisotopic (exact) mass is 676 g/mol. The van der Waals surface area contributed by atoms with Crippen molar-refractivity contribution in [2.24, 2.45) is 17.8 Å². The molecule has 3 aliphatic rings. The molecule has 5 unspecified atom stereocenters. The summed E-state index contributed by atoms with van der Waals surface area (Å²) in [4.78, 5) is 26.0. The second-order valence-corrected chi connectivity index (χ2v) is 14.1. The molecule has 0 saturated heterocycles. The van der Waals surface area contributed by atoms with Crippen LogP contribution in [0.25, 0.3) is 0 Å². The smallest absolute Gasteiger partial charge is 0.430 e. The Hall–Kier alpha value is -3.33. The first-order chi connectivity index (χ1) is 21.4. The number of sulfonamides is 1. The van der Waals surface area contributed by atoms with Crippen LogP contribution in [0.1, 0.15) is 55.7 Å². The lowest BCUT2D eigenvalue weighted by Gasteiger charge is -2.39. The summed E-state index contributed by atoms with van der Waals surface area (Å²) in [5.74, 6) is -1.41. The van der Waals surface area contributed by atoms with Gasteiger partial charge in [0.1, 0.15) is 0 Å². The van der Waals surface area contributed by atoms with Gasteiger partial charge < -0.3 is 15.2 Å². The predicted molar refractivity (Wildman–Crippen MR) is 153 cm³/mol. The van der Waals surface area contributed by atoms with Crippen LogP contribution in [0.5, 0.6) is 0 Å². The quantitative estimate of drug-likeness (QED) is 0.290. The Morgan fingerprint density at radius 3 is 2.22 bits per heavy atom. The van der Waals surface area contributed by atoms with Crippen molar-refractivity contribution in [2.75, 3.05) is 10.9 Å². The summed E-state index contributed by atoms with van der Waals surface area (Å²) < 4.78 is 116. The van der Waals surface area contributed by atoms with E-state index in [-0.39, 0.29) is 53.9 Å². The lowest BCUT2D eigenvalue weighted by molar-refractivity contribution is -0.376. The highest BCUT2D eigenvalue weighted by molar-refractivity contribution is 7.92. The molecule has 1 amide bonds. The molecule has 5 atom stereocenters. The molecule has 2 saturated carbocycles. The van der Waals surface area contributed by atoms with Gasteiger partial charge in [-0.25, -0.2) is 8.42 Å². The predicted octanol–water partition coefficient (Wildman–Crippen LogP) is 5.30. The van der Waals surface area contributed by atoms with Crippen molar-refractivity contribution >= 4 is 27.6 Å². The summed E-state index contributed by atoms with van der Waals surface area (Å²) in [7, 11) is -4.49. The average molecular weight is 677 g/mol. The number of anilines is 1. The lowest BCUT2D eigenvalue weighted by atomic mass is 9.84. The van der Waals surface area contributed by atoms with Crippen molar-refractivity contribution < 1.29 is 54.2 Å². The van der Waals surface area contributed by atoms with Gasteiger partial charge in [0.25, 0.3) is 15.6 Å². The van der Waals surface area contributed by atoms with Crippen molar-refractivity contribution in [1.82, 2.24) is 5.32 Å². The lowest BCUT2D eigenvalue weighted by Crippen LogP contribution is -2.54. The van der Waals surface area contributed by atoms with Crippen molar-refractivity contribution in [1.29, 1.82) is 0 Å². The number of carbonyl (C=O) groups excluding carboxylic acids is 2. The normalized spacial score (nSPS) is 24.9. The van der Waals surface area contributed by atoms with E-state index in [1.165, 1.54) is 24.3 Å². The fourth-order valence-electron chi connectivity index (χ4n) is 7.22. The number of hydrogen-bond acceptors (Lipinski definition) is 6. The minimum Gasteiger partial charge on any atom is -0.466 e. The number of amides is 1. The number of carbonyl (C=O) groups is 2. The van der Waals surface area contributed by atoms with Gasteiger partial charge in [0.05, 0.1) is 29.1 Å². The highest BCUT2D eigenvalue weighted by atomic mass is 32.2. The topological polar surface area (TPSA) is 113 Å². The molecule has 5 rings (SSSR count). The Labute approximate surface area is 262 Å². The Morgan fingerprint density at radius 2 is 1.61 bits per heavy atom. The van der Waals surface area contributed by atoms with Crippen LogP contribution in [0.4, 0.5) is 32.0 Å². The molecule has 0 aromatic heterocycles. The number of aliphatic hydroxyl groups is 1. The van der Waals surface area contributed by atoms with Crippen LogP contribution in [0.2, 0.25) is 0 Å². The Bertz CT molecular complexity index is 1580. The maximum absolute atomic E-state index is 14.0. The number of nitrogens with one attached hydrogen (secondary N) is 1. The Morgan fingerprint density at radius 1 is 0.978 bits per heavy atom. The first-order valence-corrected chi connectivity index (χ1v) is 16.4. The number of nitrogens with zero attached hydrogens (tertiary/aromatic N) is 1. The van der Waals surface area contributed by atoms with E-state index in [9.17, 15) is 49.5 Å². The van der Waals surface area contributed by atoms with E-state index in [1.807, 2.05) is 0 Å². The summed E-state index contributed by atoms with van der Waals surface area (Å²) in [6.07, 6.45) is -10.6. The van der Waals surface area contributed by atoms with E-state index < -0.39 is 63.4 Å². The van der Waals surface area contributed by atoms with Crippen LogP contribution < -0.4 is 9.62 Å². The summed E-state index contributed by atoms with van der Waals surface area (Å²) >= 11 is 0. The fraction of sp³-hybridized carbons (Fsp3) is 0.548. The van der Waals surface area contributed by atoms with Gasteiger partial charge in [-0.2, -0.15) is 26.3 Å². The van der Waals surface area contributed by atoms with Gasteiger partial charge in [0.15, 0.2) is 0 Å². The second-order valence-electron chi connectivity index (χ2n) is 12.3. The standard InChI is InChI=1S/C31H34F6N2O6S/c1-3-45-28(41)26-19-6-7-20(14-19)27(26)38-25(40)16-22-10-8-18-15-21(29(42,30(32,33)34)31(35,36)37)9-13-24(18)39(22)46(43,44)23-11-4-17(2)5-12-23/h4-5,9,11-13,15,19-20,22,26-27,42H,3,6-8,10,14,16H2,1-2H3,(H,38,40). The maximum atomic E-state index is 14.0. The van der Waals surface area contributed by atoms with Crippen molar-refractivity contribution in [3.63, 3.8) is 0 Å². The summed E-state index contributed by atoms with van der Waals surface area (Å²) in [5, 5.41) is 12.9. The van der Waals surface area contributed by atoms with Gasteiger partial charge in [0, 0.05) is 18.0 Å². The molecule has 1 aliphatic heterocycles. The minimum absolute atomic E-state index is 0.0438. The molecule has 1 heterocycles. The number of fused-ring (bicyclic) bond motifs is 3. The van der Waals surface area contributed by atoms with Crippen LogP contribution in [0.15, 0.2) is 47.4 Å². The third-order valence-corrected chi connectivity index (χ3v) is 11.3. The first kappa shape index (κ1) is 34.0. The van der Waals surface area contributed by atoms with Crippen LogP contribution in [-0.2, 0) is 36.4 Å². The summed E-state index contributed by atoms with van der Waals surface area (Å²) in [5.41, 5.74) is -6.34. The largest absolute Gasteiger partial charge is 0.466 e. The molecule has 252 valence electrons. The molecule has 8 nitrogen and oxygen atoms in total. The number of aryl methyl sites for hydroxylation is 2. The number of benzene rings is 2. The first-order valence-electron chi connectivity index (χ1n) is 15.0. The highest BCUT2D eigenvalue weighted by Crippen LogP contribution is 2.52. The summed E-state index contributed by atoms with van der Waals surface area (Å²) in [6, 6.07) is 5.84. The SMILES string of the molecule is CCOC(=O)C1C2CCC(C2)C1NC(=O)CC1CCc2cc(C(O)(C(F)(F)F)C(F)(F)F)ccc2N1S(=O)(=O)c1ccc(C)cc1. The zero-order chi connectivity index (χ0) is 33.8. The van der Waals surface area contributed by atoms with Gasteiger partial charge in [-0.1, -0.05) is 29.8 Å². The van der Waals surface area contributed by atoms with Crippen LogP contribution >= 0.6 is 0 Å². The van der Waals surface area contributed by atoms with Crippen LogP contribution in [0, 0.1) is 24.7 Å². The van der Waals surface area contributed by atoms with Gasteiger partial charge >= 0.3 is 18.3 Å². The van der Waals surface area contributed by atoms with E-state index in [0.29, 0.717) is 12.1 Å². The maximum Gasteiger partial charge on any atom is 0.430 e. The van der Waals surface area contributed by atoms with Crippen molar-refractivity contribution in [3.05, 3.63) is 59.2 Å². The van der Waals surface area contributed by atoms with E-state index in [2.05, 4.69) is 5.32 Å². The van der Waals surface area contributed by atoms with Crippen LogP contribution in [-0.4, -0.2) is 56.4 Å². The number of esters is 1. The molecule has 46 heavy (non-hydrogen) atoms. The Balaban J connectivity index is 1.50. The van der Waals surface area contributed by atoms with Crippen molar-refractivity contribution in [3.8, 4) is 0 Å². The molecule has 2 aliphatic carbocycles. The molecular weight excluding hydrogens is 642 g/mol. The zero-order valence-electron chi connectivity index (χ0n) is 25.0. The van der Waals surface area contributed by atoms with E-state index in [4.69, 9.17) is 4.74 Å². The number of alkyl halides is 6. The van der Waals surface area contributed by atoms with Gasteiger partial charge in [-0.3, -0.25) is 13.9 Å². The molecule has 2 fully saturated rings. The third kappa shape index (κ3) is 5.84. The molecule has 2 bridgehead atoms. The molecule has 2 aromatic rings. The number of ether oxygens (including phenoxy) is 1. The zero-order valence-corrected chi connectivity index (χ0v) is 25.8. The fourth-order valence-corrected chi connectivity index (χ4v) is 8.94. The van der Waals surface area contributed by atoms with E-state index in [0.717, 1.165) is 35.2 Å². The van der Waals surface area contributed by atoms with E-state index in [1.54, 1.807) is 13.8 Å². The average Bonchev–Trinajstić information content (AvgIpc) is 3.57. The Kier molecular flexibility index (Phi) is 8.90. The second kappa shape index (κ2) is 12.0. The molecular formula is C31H34F6N2O6S. The van der Waals surface area contributed by atoms with Gasteiger partial charge in [0.2, 0.25) is 5.91 Å². The number of halogens is 6. The van der Waals surface area contributed by atoms with Crippen molar-refractivity contribution in [2.45, 2.75) is 87.3 Å². The molecule has 2 aromatic carbocycles. The number of rotatable bonds is 8. The molecule has 2 N–H and O–H groups in total.